The second-order valence-electron chi connectivity index (χ2n) is 4.74. The molecule has 0 spiro atoms. The fourth-order valence-electron chi connectivity index (χ4n) is 1.97. The lowest BCUT2D eigenvalue weighted by molar-refractivity contribution is -0.274. The summed E-state index contributed by atoms with van der Waals surface area (Å²) in [7, 11) is 1.64. The van der Waals surface area contributed by atoms with E-state index in [0.717, 1.165) is 0 Å². The van der Waals surface area contributed by atoms with Crippen molar-refractivity contribution in [2.45, 2.75) is 12.9 Å². The van der Waals surface area contributed by atoms with Gasteiger partial charge < -0.3 is 15.0 Å². The van der Waals surface area contributed by atoms with Gasteiger partial charge in [-0.2, -0.15) is 0 Å². The first-order valence-electron chi connectivity index (χ1n) is 6.15. The van der Waals surface area contributed by atoms with Crippen molar-refractivity contribution >= 4 is 5.91 Å². The number of halogens is 3. The maximum absolute atomic E-state index is 12.1. The first-order valence-corrected chi connectivity index (χ1v) is 6.15. The van der Waals surface area contributed by atoms with Crippen molar-refractivity contribution in [3.8, 4) is 5.75 Å². The normalized spacial score (nSPS) is 15.6. The second-order valence-corrected chi connectivity index (χ2v) is 4.74. The molecule has 0 unspecified atom stereocenters. The van der Waals surface area contributed by atoms with Crippen LogP contribution in [0.2, 0.25) is 0 Å². The van der Waals surface area contributed by atoms with Gasteiger partial charge in [-0.3, -0.25) is 4.79 Å². The molecule has 0 bridgehead atoms. The number of nitrogens with zero attached hydrogens (tertiary/aromatic N) is 1. The summed E-state index contributed by atoms with van der Waals surface area (Å²) in [6.45, 7) is 1.56. The second kappa shape index (κ2) is 5.70. The average molecular weight is 288 g/mol. The van der Waals surface area contributed by atoms with Crippen LogP contribution >= 0.6 is 0 Å². The Morgan fingerprint density at radius 3 is 2.70 bits per heavy atom. The Bertz CT molecular complexity index is 487. The van der Waals surface area contributed by atoms with Crippen LogP contribution in [0.4, 0.5) is 13.2 Å². The number of ether oxygens (including phenoxy) is 1. The van der Waals surface area contributed by atoms with Crippen LogP contribution in [0.15, 0.2) is 24.3 Å². The molecule has 1 aromatic rings. The molecule has 1 aliphatic heterocycles. The summed E-state index contributed by atoms with van der Waals surface area (Å²) in [4.78, 5) is 13.4. The van der Waals surface area contributed by atoms with E-state index in [1.54, 1.807) is 13.1 Å². The highest BCUT2D eigenvalue weighted by molar-refractivity contribution is 5.79. The lowest BCUT2D eigenvalue weighted by atomic mass is 10.0. The number of rotatable bonds is 4. The van der Waals surface area contributed by atoms with Gasteiger partial charge in [-0.05, 0) is 17.7 Å². The summed E-state index contributed by atoms with van der Waals surface area (Å²) in [5.41, 5.74) is 0.592. The van der Waals surface area contributed by atoms with Gasteiger partial charge in [-0.1, -0.05) is 12.1 Å². The summed E-state index contributed by atoms with van der Waals surface area (Å²) < 4.78 is 40.2. The SMILES string of the molecule is CN(Cc1cccc(OC(F)(F)F)c1)C(=O)C1CNC1. The van der Waals surface area contributed by atoms with E-state index in [4.69, 9.17) is 0 Å². The molecule has 1 heterocycles. The molecule has 7 heteroatoms. The van der Waals surface area contributed by atoms with Gasteiger partial charge in [0.15, 0.2) is 0 Å². The minimum atomic E-state index is -4.71. The third-order valence-corrected chi connectivity index (χ3v) is 3.06. The van der Waals surface area contributed by atoms with Gasteiger partial charge in [-0.15, -0.1) is 13.2 Å². The molecular formula is C13H15F3N2O2. The molecule has 0 radical (unpaired) electrons. The van der Waals surface area contributed by atoms with Crippen molar-refractivity contribution in [2.24, 2.45) is 5.92 Å². The lowest BCUT2D eigenvalue weighted by Crippen LogP contribution is -2.50. The van der Waals surface area contributed by atoms with Crippen LogP contribution in [0.25, 0.3) is 0 Å². The number of carbonyl (C=O) groups excluding carboxylic acids is 1. The molecule has 20 heavy (non-hydrogen) atoms. The van der Waals surface area contributed by atoms with Gasteiger partial charge in [0.05, 0.1) is 5.92 Å². The molecule has 1 saturated heterocycles. The average Bonchev–Trinajstić information content (AvgIpc) is 2.24. The monoisotopic (exact) mass is 288 g/mol. The predicted molar refractivity (Wildman–Crippen MR) is 66.0 cm³/mol. The van der Waals surface area contributed by atoms with Crippen molar-refractivity contribution in [3.63, 3.8) is 0 Å². The number of nitrogens with one attached hydrogen (secondary N) is 1. The number of benzene rings is 1. The molecule has 1 aromatic carbocycles. The fourth-order valence-corrected chi connectivity index (χ4v) is 1.97. The first-order chi connectivity index (χ1) is 9.35. The van der Waals surface area contributed by atoms with E-state index in [1.807, 2.05) is 0 Å². The zero-order chi connectivity index (χ0) is 14.8. The summed E-state index contributed by atoms with van der Waals surface area (Å²) in [5.74, 6) is -0.318. The number of hydrogen-bond acceptors (Lipinski definition) is 3. The van der Waals surface area contributed by atoms with E-state index in [9.17, 15) is 18.0 Å². The third-order valence-electron chi connectivity index (χ3n) is 3.06. The van der Waals surface area contributed by atoms with E-state index in [-0.39, 0.29) is 24.1 Å². The molecule has 110 valence electrons. The molecule has 0 atom stereocenters. The van der Waals surface area contributed by atoms with Crippen molar-refractivity contribution in [2.75, 3.05) is 20.1 Å². The molecular weight excluding hydrogens is 273 g/mol. The topological polar surface area (TPSA) is 41.6 Å². The molecule has 1 fully saturated rings. The summed E-state index contributed by atoms with van der Waals surface area (Å²) in [6.07, 6.45) is -4.71. The van der Waals surface area contributed by atoms with Crippen LogP contribution in [-0.2, 0) is 11.3 Å². The van der Waals surface area contributed by atoms with E-state index in [1.165, 1.54) is 23.1 Å². The number of hydrogen-bond donors (Lipinski definition) is 1. The Morgan fingerprint density at radius 1 is 1.45 bits per heavy atom. The third kappa shape index (κ3) is 3.86. The van der Waals surface area contributed by atoms with Gasteiger partial charge >= 0.3 is 6.36 Å². The number of carbonyl (C=O) groups is 1. The van der Waals surface area contributed by atoms with Crippen LogP contribution in [0.1, 0.15) is 5.56 Å². The first kappa shape index (κ1) is 14.6. The molecule has 0 aromatic heterocycles. The molecule has 1 aliphatic rings. The molecule has 4 nitrogen and oxygen atoms in total. The zero-order valence-corrected chi connectivity index (χ0v) is 10.9. The minimum Gasteiger partial charge on any atom is -0.406 e. The van der Waals surface area contributed by atoms with Gasteiger partial charge in [0, 0.05) is 26.7 Å². The van der Waals surface area contributed by atoms with Crippen molar-refractivity contribution < 1.29 is 22.7 Å². The van der Waals surface area contributed by atoms with E-state index >= 15 is 0 Å². The van der Waals surface area contributed by atoms with Crippen LogP contribution in [0, 0.1) is 5.92 Å². The van der Waals surface area contributed by atoms with Crippen LogP contribution < -0.4 is 10.1 Å². The smallest absolute Gasteiger partial charge is 0.406 e. The molecule has 2 rings (SSSR count). The standard InChI is InChI=1S/C13H15F3N2O2/c1-18(12(19)10-6-17-7-10)8-9-3-2-4-11(5-9)20-13(14,15)16/h2-5,10,17H,6-8H2,1H3. The molecule has 0 aliphatic carbocycles. The minimum absolute atomic E-state index is 0.00843. The van der Waals surface area contributed by atoms with Gasteiger partial charge in [0.1, 0.15) is 5.75 Å². The van der Waals surface area contributed by atoms with Crippen molar-refractivity contribution in [1.29, 1.82) is 0 Å². The Hall–Kier alpha value is -1.76. The molecule has 1 amide bonds. The lowest BCUT2D eigenvalue weighted by Gasteiger charge is -2.30. The predicted octanol–water partition coefficient (Wildman–Crippen LogP) is 1.76. The molecule has 1 N–H and O–H groups in total. The summed E-state index contributed by atoms with van der Waals surface area (Å²) in [6, 6.07) is 5.65. The summed E-state index contributed by atoms with van der Waals surface area (Å²) in [5, 5.41) is 3.00. The summed E-state index contributed by atoms with van der Waals surface area (Å²) >= 11 is 0. The number of alkyl halides is 3. The van der Waals surface area contributed by atoms with Crippen LogP contribution in [0.3, 0.4) is 0 Å². The Kier molecular flexibility index (Phi) is 4.17. The maximum Gasteiger partial charge on any atom is 0.573 e. The highest BCUT2D eigenvalue weighted by atomic mass is 19.4. The van der Waals surface area contributed by atoms with Gasteiger partial charge in [-0.25, -0.2) is 0 Å². The quantitative estimate of drug-likeness (QED) is 0.918. The number of amides is 1. The Balaban J connectivity index is 1.98. The zero-order valence-electron chi connectivity index (χ0n) is 10.9. The van der Waals surface area contributed by atoms with Crippen LogP contribution in [0.5, 0.6) is 5.75 Å². The van der Waals surface area contributed by atoms with E-state index < -0.39 is 6.36 Å². The van der Waals surface area contributed by atoms with Crippen LogP contribution in [-0.4, -0.2) is 37.3 Å². The highest BCUT2D eigenvalue weighted by Gasteiger charge is 2.31. The van der Waals surface area contributed by atoms with Gasteiger partial charge in [0.25, 0.3) is 0 Å². The van der Waals surface area contributed by atoms with Crippen molar-refractivity contribution in [1.82, 2.24) is 10.2 Å². The van der Waals surface area contributed by atoms with E-state index in [0.29, 0.717) is 18.7 Å². The van der Waals surface area contributed by atoms with E-state index in [2.05, 4.69) is 10.1 Å². The van der Waals surface area contributed by atoms with Gasteiger partial charge in [0.2, 0.25) is 5.91 Å². The highest BCUT2D eigenvalue weighted by Crippen LogP contribution is 2.23. The Morgan fingerprint density at radius 2 is 2.15 bits per heavy atom. The largest absolute Gasteiger partial charge is 0.573 e. The molecule has 0 saturated carbocycles. The van der Waals surface area contributed by atoms with Crippen molar-refractivity contribution in [3.05, 3.63) is 29.8 Å². The fraction of sp³-hybridized carbons (Fsp3) is 0.462. The maximum atomic E-state index is 12.1. The Labute approximate surface area is 114 Å².